The third kappa shape index (κ3) is 3.32. The summed E-state index contributed by atoms with van der Waals surface area (Å²) < 4.78 is 5.40. The molecule has 1 aromatic heterocycles. The fraction of sp³-hybridized carbons (Fsp3) is 0.714. The lowest BCUT2D eigenvalue weighted by molar-refractivity contribution is 0.0341. The summed E-state index contributed by atoms with van der Waals surface area (Å²) in [6.07, 6.45) is 2.73. The van der Waals surface area contributed by atoms with E-state index in [9.17, 15) is 0 Å². The van der Waals surface area contributed by atoms with E-state index in [0.717, 1.165) is 45.4 Å². The van der Waals surface area contributed by atoms with Crippen molar-refractivity contribution in [2.24, 2.45) is 0 Å². The van der Waals surface area contributed by atoms with Gasteiger partial charge in [0.1, 0.15) is 0 Å². The monoisotopic (exact) mass is 266 g/mol. The van der Waals surface area contributed by atoms with Crippen molar-refractivity contribution < 1.29 is 4.74 Å². The van der Waals surface area contributed by atoms with Gasteiger partial charge in [-0.05, 0) is 31.4 Å². The van der Waals surface area contributed by atoms with Gasteiger partial charge in [0.05, 0.1) is 13.2 Å². The highest BCUT2D eigenvalue weighted by molar-refractivity contribution is 7.12. The van der Waals surface area contributed by atoms with Crippen molar-refractivity contribution in [2.75, 3.05) is 26.3 Å². The second-order valence-corrected chi connectivity index (χ2v) is 6.68. The van der Waals surface area contributed by atoms with Gasteiger partial charge >= 0.3 is 0 Å². The largest absolute Gasteiger partial charge is 0.379 e. The first-order chi connectivity index (χ1) is 8.81. The Hall–Kier alpha value is -0.420. The molecule has 1 saturated carbocycles. The molecule has 0 amide bonds. The summed E-state index contributed by atoms with van der Waals surface area (Å²) in [5.41, 5.74) is 1.51. The number of aryl methyl sites for hydroxylation is 1. The van der Waals surface area contributed by atoms with Crippen LogP contribution in [0.3, 0.4) is 0 Å². The van der Waals surface area contributed by atoms with Crippen LogP contribution in [0.1, 0.15) is 28.2 Å². The number of thiophene rings is 1. The van der Waals surface area contributed by atoms with Crippen molar-refractivity contribution in [3.63, 3.8) is 0 Å². The van der Waals surface area contributed by atoms with Crippen molar-refractivity contribution in [2.45, 2.75) is 38.9 Å². The van der Waals surface area contributed by atoms with Gasteiger partial charge in [-0.1, -0.05) is 0 Å². The van der Waals surface area contributed by atoms with Gasteiger partial charge in [-0.25, -0.2) is 0 Å². The predicted octanol–water partition coefficient (Wildman–Crippen LogP) is 2.14. The molecule has 1 aliphatic heterocycles. The lowest BCUT2D eigenvalue weighted by Crippen LogP contribution is -2.35. The van der Waals surface area contributed by atoms with Gasteiger partial charge in [0.2, 0.25) is 0 Å². The molecule has 18 heavy (non-hydrogen) atoms. The van der Waals surface area contributed by atoms with E-state index in [1.54, 1.807) is 0 Å². The van der Waals surface area contributed by atoms with Crippen molar-refractivity contribution in [3.8, 4) is 0 Å². The van der Waals surface area contributed by atoms with Crippen LogP contribution >= 0.6 is 11.3 Å². The Morgan fingerprint density at radius 2 is 2.17 bits per heavy atom. The Morgan fingerprint density at radius 1 is 1.39 bits per heavy atom. The van der Waals surface area contributed by atoms with E-state index in [2.05, 4.69) is 23.2 Å². The summed E-state index contributed by atoms with van der Waals surface area (Å²) in [6, 6.07) is 3.19. The highest BCUT2D eigenvalue weighted by Crippen LogP contribution is 2.25. The van der Waals surface area contributed by atoms with Gasteiger partial charge in [0, 0.05) is 42.0 Å². The third-order valence-electron chi connectivity index (χ3n) is 3.71. The Balaban J connectivity index is 1.56. The second kappa shape index (κ2) is 5.70. The zero-order valence-corrected chi connectivity index (χ0v) is 11.9. The maximum atomic E-state index is 5.40. The van der Waals surface area contributed by atoms with Crippen molar-refractivity contribution in [1.82, 2.24) is 10.2 Å². The Bertz CT molecular complexity index is 394. The van der Waals surface area contributed by atoms with Gasteiger partial charge < -0.3 is 10.1 Å². The smallest absolute Gasteiger partial charge is 0.0594 e. The number of rotatable bonds is 5. The number of ether oxygens (including phenoxy) is 1. The topological polar surface area (TPSA) is 24.5 Å². The zero-order valence-electron chi connectivity index (χ0n) is 11.1. The van der Waals surface area contributed by atoms with Crippen LogP contribution in [0.15, 0.2) is 6.07 Å². The minimum absolute atomic E-state index is 0.801. The summed E-state index contributed by atoms with van der Waals surface area (Å²) in [6.45, 7) is 8.32. The van der Waals surface area contributed by atoms with Gasteiger partial charge in [-0.2, -0.15) is 0 Å². The standard InChI is InChI=1S/C14H22N2OS/c1-11-12(10-16-4-6-17-7-5-16)8-14(18-11)9-15-13-2-3-13/h8,13,15H,2-7,9-10H2,1H3. The van der Waals surface area contributed by atoms with Crippen LogP contribution in [-0.4, -0.2) is 37.2 Å². The molecular formula is C14H22N2OS. The highest BCUT2D eigenvalue weighted by Gasteiger charge is 2.20. The van der Waals surface area contributed by atoms with E-state index >= 15 is 0 Å². The summed E-state index contributed by atoms with van der Waals surface area (Å²) >= 11 is 1.95. The Labute approximate surface area is 113 Å². The molecule has 0 spiro atoms. The molecule has 1 aromatic rings. The first kappa shape index (κ1) is 12.6. The molecule has 100 valence electrons. The summed E-state index contributed by atoms with van der Waals surface area (Å²) in [5, 5.41) is 3.59. The van der Waals surface area contributed by atoms with E-state index in [4.69, 9.17) is 4.74 Å². The first-order valence-electron chi connectivity index (χ1n) is 6.93. The molecule has 0 atom stereocenters. The van der Waals surface area contributed by atoms with Crippen LogP contribution in [-0.2, 0) is 17.8 Å². The fourth-order valence-corrected chi connectivity index (χ4v) is 3.37. The van der Waals surface area contributed by atoms with Gasteiger partial charge in [0.15, 0.2) is 0 Å². The average Bonchev–Trinajstić information content (AvgIpc) is 3.15. The van der Waals surface area contributed by atoms with Crippen molar-refractivity contribution in [3.05, 3.63) is 21.4 Å². The molecule has 0 unspecified atom stereocenters. The van der Waals surface area contributed by atoms with Crippen molar-refractivity contribution >= 4 is 11.3 Å². The molecule has 0 aromatic carbocycles. The molecule has 1 saturated heterocycles. The Kier molecular flexibility index (Phi) is 3.99. The molecule has 2 fully saturated rings. The second-order valence-electron chi connectivity index (χ2n) is 5.34. The molecule has 2 aliphatic rings. The maximum Gasteiger partial charge on any atom is 0.0594 e. The summed E-state index contributed by atoms with van der Waals surface area (Å²) in [4.78, 5) is 5.47. The van der Waals surface area contributed by atoms with Crippen LogP contribution in [0.5, 0.6) is 0 Å². The number of hydrogen-bond acceptors (Lipinski definition) is 4. The van der Waals surface area contributed by atoms with Crippen LogP contribution in [0.4, 0.5) is 0 Å². The minimum Gasteiger partial charge on any atom is -0.379 e. The van der Waals surface area contributed by atoms with E-state index in [-0.39, 0.29) is 0 Å². The van der Waals surface area contributed by atoms with Crippen molar-refractivity contribution in [1.29, 1.82) is 0 Å². The maximum absolute atomic E-state index is 5.40. The third-order valence-corrected chi connectivity index (χ3v) is 4.80. The van der Waals surface area contributed by atoms with Gasteiger partial charge in [-0.15, -0.1) is 11.3 Å². The molecule has 4 heteroatoms. The molecule has 3 rings (SSSR count). The number of nitrogens with one attached hydrogen (secondary N) is 1. The van der Waals surface area contributed by atoms with Crippen LogP contribution in [0.2, 0.25) is 0 Å². The summed E-state index contributed by atoms with van der Waals surface area (Å²) in [5.74, 6) is 0. The first-order valence-corrected chi connectivity index (χ1v) is 7.74. The van der Waals surface area contributed by atoms with E-state index in [1.165, 1.54) is 28.2 Å². The molecule has 0 radical (unpaired) electrons. The van der Waals surface area contributed by atoms with Crippen LogP contribution < -0.4 is 5.32 Å². The minimum atomic E-state index is 0.801. The summed E-state index contributed by atoms with van der Waals surface area (Å²) in [7, 11) is 0. The van der Waals surface area contributed by atoms with E-state index in [1.807, 2.05) is 11.3 Å². The molecule has 3 nitrogen and oxygen atoms in total. The lowest BCUT2D eigenvalue weighted by Gasteiger charge is -2.26. The predicted molar refractivity (Wildman–Crippen MR) is 75.0 cm³/mol. The normalized spacial score (nSPS) is 21.4. The number of morpholine rings is 1. The molecule has 0 bridgehead atoms. The number of nitrogens with zero attached hydrogens (tertiary/aromatic N) is 1. The lowest BCUT2D eigenvalue weighted by atomic mass is 10.2. The van der Waals surface area contributed by atoms with E-state index in [0.29, 0.717) is 0 Å². The average molecular weight is 266 g/mol. The number of hydrogen-bond donors (Lipinski definition) is 1. The molecule has 2 heterocycles. The zero-order chi connectivity index (χ0) is 12.4. The molecule has 1 N–H and O–H groups in total. The molecular weight excluding hydrogens is 244 g/mol. The highest BCUT2D eigenvalue weighted by atomic mass is 32.1. The van der Waals surface area contributed by atoms with E-state index < -0.39 is 0 Å². The quantitative estimate of drug-likeness (QED) is 0.884. The van der Waals surface area contributed by atoms with Gasteiger partial charge in [0.25, 0.3) is 0 Å². The molecule has 1 aliphatic carbocycles. The fourth-order valence-electron chi connectivity index (χ4n) is 2.36. The van der Waals surface area contributed by atoms with Crippen LogP contribution in [0, 0.1) is 6.92 Å². The van der Waals surface area contributed by atoms with Crippen LogP contribution in [0.25, 0.3) is 0 Å². The van der Waals surface area contributed by atoms with Gasteiger partial charge in [-0.3, -0.25) is 4.90 Å². The Morgan fingerprint density at radius 3 is 2.89 bits per heavy atom. The SMILES string of the molecule is Cc1sc(CNC2CC2)cc1CN1CCOCC1.